The maximum atomic E-state index is 12.4. The molecule has 1 saturated heterocycles. The van der Waals surface area contributed by atoms with E-state index in [0.29, 0.717) is 18.3 Å². The minimum absolute atomic E-state index is 0.0617. The summed E-state index contributed by atoms with van der Waals surface area (Å²) in [5.74, 6) is -0.597. The van der Waals surface area contributed by atoms with Crippen molar-refractivity contribution in [1.29, 1.82) is 0 Å². The molecule has 1 aliphatic rings. The van der Waals surface area contributed by atoms with E-state index in [1.807, 2.05) is 13.8 Å². The Bertz CT molecular complexity index is 735. The quantitative estimate of drug-likeness (QED) is 0.617. The summed E-state index contributed by atoms with van der Waals surface area (Å²) in [6.45, 7) is 6.51. The lowest BCUT2D eigenvalue weighted by Gasteiger charge is -2.13. The molecule has 2 rings (SSSR count). The highest BCUT2D eigenvalue weighted by Gasteiger charge is 2.38. The van der Waals surface area contributed by atoms with Gasteiger partial charge in [0.2, 0.25) is 11.8 Å². The Hall–Kier alpha value is -2.42. The molecule has 1 fully saturated rings. The van der Waals surface area contributed by atoms with Crippen molar-refractivity contribution in [1.82, 2.24) is 4.90 Å². The number of hydrogen-bond acceptors (Lipinski definition) is 6. The molecular formula is C16H20N4O4S. The molecule has 9 heteroatoms. The van der Waals surface area contributed by atoms with Gasteiger partial charge in [0, 0.05) is 25.6 Å². The molecule has 0 saturated carbocycles. The largest absolute Gasteiger partial charge is 0.320 e. The van der Waals surface area contributed by atoms with Gasteiger partial charge in [-0.2, -0.15) is 0 Å². The lowest BCUT2D eigenvalue weighted by Crippen LogP contribution is -2.33. The number of anilines is 1. The molecule has 1 atom stereocenters. The Balaban J connectivity index is 2.10. The van der Waals surface area contributed by atoms with Crippen LogP contribution in [-0.4, -0.2) is 45.1 Å². The van der Waals surface area contributed by atoms with Crippen molar-refractivity contribution in [2.24, 2.45) is 4.99 Å². The predicted molar refractivity (Wildman–Crippen MR) is 97.8 cm³/mol. The Labute approximate surface area is 149 Å². The standard InChI is InChI=1S/C16H20N4O4S/c1-4-17-16-19(5-2)15(22)13(25-16)9-14(21)18-11-7-6-10(3)8-12(11)20(23)24/h6-8,13H,4-5,9H2,1-3H3,(H,18,21)/t13-/m1/s1. The number of benzene rings is 1. The van der Waals surface area contributed by atoms with Crippen LogP contribution in [0.5, 0.6) is 0 Å². The minimum atomic E-state index is -0.560. The maximum absolute atomic E-state index is 12.4. The number of nitrogens with one attached hydrogen (secondary N) is 1. The van der Waals surface area contributed by atoms with Crippen LogP contribution in [0, 0.1) is 17.0 Å². The molecule has 1 N–H and O–H groups in total. The highest BCUT2D eigenvalue weighted by Crippen LogP contribution is 2.30. The summed E-state index contributed by atoms with van der Waals surface area (Å²) >= 11 is 1.26. The number of aliphatic imine (C=N–C) groups is 1. The number of amidine groups is 1. The van der Waals surface area contributed by atoms with Crippen molar-refractivity contribution >= 4 is 40.1 Å². The van der Waals surface area contributed by atoms with Crippen LogP contribution in [-0.2, 0) is 9.59 Å². The first kappa shape index (κ1) is 18.9. The second kappa shape index (κ2) is 8.11. The summed E-state index contributed by atoms with van der Waals surface area (Å²) in [5.41, 5.74) is 0.693. The minimum Gasteiger partial charge on any atom is -0.320 e. The first-order valence-corrected chi connectivity index (χ1v) is 8.82. The van der Waals surface area contributed by atoms with Crippen molar-refractivity contribution < 1.29 is 14.5 Å². The maximum Gasteiger partial charge on any atom is 0.293 e. The third-order valence-electron chi connectivity index (χ3n) is 3.62. The van der Waals surface area contributed by atoms with E-state index in [-0.39, 0.29) is 23.7 Å². The van der Waals surface area contributed by atoms with E-state index in [0.717, 1.165) is 5.56 Å². The molecule has 134 valence electrons. The summed E-state index contributed by atoms with van der Waals surface area (Å²) in [6.07, 6.45) is -0.0617. The lowest BCUT2D eigenvalue weighted by molar-refractivity contribution is -0.384. The molecule has 1 aliphatic heterocycles. The molecule has 0 radical (unpaired) electrons. The van der Waals surface area contributed by atoms with E-state index in [9.17, 15) is 19.7 Å². The number of nitro groups is 1. The van der Waals surface area contributed by atoms with E-state index >= 15 is 0 Å². The summed E-state index contributed by atoms with van der Waals surface area (Å²) in [7, 11) is 0. The average molecular weight is 364 g/mol. The van der Waals surface area contributed by atoms with Crippen molar-refractivity contribution in [3.8, 4) is 0 Å². The predicted octanol–water partition coefficient (Wildman–Crippen LogP) is 2.57. The van der Waals surface area contributed by atoms with Crippen molar-refractivity contribution in [3.63, 3.8) is 0 Å². The number of carbonyl (C=O) groups excluding carboxylic acids is 2. The van der Waals surface area contributed by atoms with Gasteiger partial charge in [-0.05, 0) is 32.4 Å². The van der Waals surface area contributed by atoms with Gasteiger partial charge in [-0.1, -0.05) is 17.8 Å². The van der Waals surface area contributed by atoms with Crippen molar-refractivity contribution in [2.45, 2.75) is 32.4 Å². The fourth-order valence-electron chi connectivity index (χ4n) is 2.46. The molecule has 0 unspecified atom stereocenters. The molecule has 1 heterocycles. The number of hydrogen-bond donors (Lipinski definition) is 1. The SMILES string of the molecule is CCN=C1S[C@H](CC(=O)Nc2ccc(C)cc2[N+](=O)[O-])C(=O)N1CC. The molecule has 2 amide bonds. The number of rotatable bonds is 6. The molecule has 0 spiro atoms. The van der Waals surface area contributed by atoms with E-state index < -0.39 is 16.1 Å². The number of aryl methyl sites for hydroxylation is 1. The van der Waals surface area contributed by atoms with Crippen LogP contribution < -0.4 is 5.32 Å². The molecule has 8 nitrogen and oxygen atoms in total. The zero-order valence-corrected chi connectivity index (χ0v) is 15.1. The number of nitro benzene ring substituents is 1. The Morgan fingerprint density at radius 1 is 1.44 bits per heavy atom. The van der Waals surface area contributed by atoms with Crippen LogP contribution in [0.4, 0.5) is 11.4 Å². The van der Waals surface area contributed by atoms with Gasteiger partial charge in [-0.25, -0.2) is 0 Å². The van der Waals surface area contributed by atoms with Crippen molar-refractivity contribution in [2.75, 3.05) is 18.4 Å². The van der Waals surface area contributed by atoms with Crippen molar-refractivity contribution in [3.05, 3.63) is 33.9 Å². The number of thioether (sulfide) groups is 1. The van der Waals surface area contributed by atoms with Crippen LogP contribution in [0.3, 0.4) is 0 Å². The summed E-state index contributed by atoms with van der Waals surface area (Å²) in [4.78, 5) is 41.1. The Morgan fingerprint density at radius 2 is 2.16 bits per heavy atom. The van der Waals surface area contributed by atoms with Crippen LogP contribution in [0.25, 0.3) is 0 Å². The second-order valence-electron chi connectivity index (χ2n) is 5.48. The third-order valence-corrected chi connectivity index (χ3v) is 4.84. The van der Waals surface area contributed by atoms with Crippen LogP contribution >= 0.6 is 11.8 Å². The van der Waals surface area contributed by atoms with Gasteiger partial charge < -0.3 is 5.32 Å². The van der Waals surface area contributed by atoms with Crippen LogP contribution in [0.1, 0.15) is 25.8 Å². The topological polar surface area (TPSA) is 105 Å². The number of carbonyl (C=O) groups is 2. The average Bonchev–Trinajstić information content (AvgIpc) is 2.84. The molecule has 0 aromatic heterocycles. The van der Waals surface area contributed by atoms with E-state index in [1.54, 1.807) is 17.9 Å². The zero-order chi connectivity index (χ0) is 18.6. The fourth-order valence-corrected chi connectivity index (χ4v) is 3.72. The number of amides is 2. The molecule has 0 aliphatic carbocycles. The van der Waals surface area contributed by atoms with E-state index in [2.05, 4.69) is 10.3 Å². The zero-order valence-electron chi connectivity index (χ0n) is 14.3. The second-order valence-corrected chi connectivity index (χ2v) is 6.65. The molecule has 0 bridgehead atoms. The fraction of sp³-hybridized carbons (Fsp3) is 0.438. The monoisotopic (exact) mass is 364 g/mol. The normalized spacial score (nSPS) is 18.7. The van der Waals surface area contributed by atoms with E-state index in [1.165, 1.54) is 23.9 Å². The van der Waals surface area contributed by atoms with Gasteiger partial charge in [0.1, 0.15) is 10.9 Å². The Morgan fingerprint density at radius 3 is 2.76 bits per heavy atom. The number of nitrogens with zero attached hydrogens (tertiary/aromatic N) is 3. The van der Waals surface area contributed by atoms with Gasteiger partial charge in [0.05, 0.1) is 4.92 Å². The first-order valence-electron chi connectivity index (χ1n) is 7.94. The summed E-state index contributed by atoms with van der Waals surface area (Å²) in [6, 6.07) is 4.58. The smallest absolute Gasteiger partial charge is 0.293 e. The van der Waals surface area contributed by atoms with Gasteiger partial charge >= 0.3 is 0 Å². The van der Waals surface area contributed by atoms with Crippen LogP contribution in [0.2, 0.25) is 0 Å². The van der Waals surface area contributed by atoms with Gasteiger partial charge in [-0.15, -0.1) is 0 Å². The lowest BCUT2D eigenvalue weighted by atomic mass is 10.2. The first-order chi connectivity index (χ1) is 11.9. The third kappa shape index (κ3) is 4.36. The van der Waals surface area contributed by atoms with E-state index in [4.69, 9.17) is 0 Å². The molecular weight excluding hydrogens is 344 g/mol. The molecule has 25 heavy (non-hydrogen) atoms. The Kier molecular flexibility index (Phi) is 6.13. The summed E-state index contributed by atoms with van der Waals surface area (Å²) < 4.78 is 0. The van der Waals surface area contributed by atoms with Gasteiger partial charge in [0.25, 0.3) is 5.69 Å². The van der Waals surface area contributed by atoms with Crippen LogP contribution in [0.15, 0.2) is 23.2 Å². The molecule has 1 aromatic carbocycles. The summed E-state index contributed by atoms with van der Waals surface area (Å²) in [5, 5.41) is 13.7. The highest BCUT2D eigenvalue weighted by atomic mass is 32.2. The molecule has 1 aromatic rings. The highest BCUT2D eigenvalue weighted by molar-refractivity contribution is 8.15. The van der Waals surface area contributed by atoms with Gasteiger partial charge in [-0.3, -0.25) is 29.6 Å². The van der Waals surface area contributed by atoms with Gasteiger partial charge in [0.15, 0.2) is 5.17 Å².